The number of anilines is 2. The van der Waals surface area contributed by atoms with Gasteiger partial charge < -0.3 is 24.4 Å². The number of pyridine rings is 2. The smallest absolute Gasteiger partial charge is 0.257 e. The number of benzene rings is 2. The first-order valence-corrected chi connectivity index (χ1v) is 12.7. The molecule has 1 aliphatic heterocycles. The number of para-hydroxylation sites is 2. The lowest BCUT2D eigenvalue weighted by molar-refractivity contribution is 0.0739. The number of carbonyl (C=O) groups is 1. The Hall–Kier alpha value is -4.59. The molecule has 5 rings (SSSR count). The van der Waals surface area contributed by atoms with Gasteiger partial charge in [0.25, 0.3) is 5.91 Å². The summed E-state index contributed by atoms with van der Waals surface area (Å²) in [5, 5.41) is 3.28. The fourth-order valence-electron chi connectivity index (χ4n) is 4.30. The van der Waals surface area contributed by atoms with E-state index in [0.29, 0.717) is 54.2 Å². The van der Waals surface area contributed by atoms with Gasteiger partial charge in [-0.3, -0.25) is 4.79 Å². The fraction of sp³-hybridized carbons (Fsp3) is 0.233. The molecule has 0 spiro atoms. The minimum atomic E-state index is -0.121. The third kappa shape index (κ3) is 6.03. The molecular weight excluding hydrogens is 480 g/mol. The van der Waals surface area contributed by atoms with E-state index < -0.39 is 0 Å². The Bertz CT molecular complexity index is 1390. The summed E-state index contributed by atoms with van der Waals surface area (Å²) in [6.07, 6.45) is 5.99. The highest BCUT2D eigenvalue weighted by Crippen LogP contribution is 2.33. The van der Waals surface area contributed by atoms with Crippen LogP contribution < -0.4 is 19.5 Å². The Labute approximate surface area is 222 Å². The summed E-state index contributed by atoms with van der Waals surface area (Å²) >= 11 is 0. The van der Waals surface area contributed by atoms with Crippen molar-refractivity contribution in [2.75, 3.05) is 25.6 Å². The van der Waals surface area contributed by atoms with E-state index >= 15 is 0 Å². The molecule has 38 heavy (non-hydrogen) atoms. The first-order chi connectivity index (χ1) is 18.7. The number of amides is 1. The standard InChI is InChI=1S/C30H30N4O4/c1-36-24-12-7-11-23(20-24)33-28-25(13-9-16-31-28)30(35)34-18-5-2-6-19-37-26-14-3-4-15-27(26)38-29-22(21-34)10-8-17-32-29/h3-4,7-17,20H,2,5-6,18-19,21H2,1H3,(H,31,33). The van der Waals surface area contributed by atoms with Crippen LogP contribution in [0.25, 0.3) is 0 Å². The molecule has 2 aromatic heterocycles. The summed E-state index contributed by atoms with van der Waals surface area (Å²) in [4.78, 5) is 24.7. The van der Waals surface area contributed by atoms with E-state index in [0.717, 1.165) is 30.5 Å². The maximum atomic E-state index is 14.0. The SMILES string of the molecule is COc1cccc(Nc2ncccc2C(=O)N2CCCCCOc3ccccc3Oc3ncccc3C2)c1. The fourth-order valence-corrected chi connectivity index (χ4v) is 4.30. The average Bonchev–Trinajstić information content (AvgIpc) is 2.97. The van der Waals surface area contributed by atoms with Crippen LogP contribution in [0.3, 0.4) is 0 Å². The molecule has 1 N–H and O–H groups in total. The lowest BCUT2D eigenvalue weighted by Crippen LogP contribution is -2.32. The summed E-state index contributed by atoms with van der Waals surface area (Å²) < 4.78 is 17.5. The number of nitrogens with zero attached hydrogens (tertiary/aromatic N) is 3. The number of nitrogens with one attached hydrogen (secondary N) is 1. The minimum absolute atomic E-state index is 0.121. The molecule has 3 heterocycles. The van der Waals surface area contributed by atoms with Crippen molar-refractivity contribution in [3.63, 3.8) is 0 Å². The number of ether oxygens (including phenoxy) is 3. The van der Waals surface area contributed by atoms with Crippen LogP contribution in [0.1, 0.15) is 35.2 Å². The predicted octanol–water partition coefficient (Wildman–Crippen LogP) is 6.23. The molecule has 0 saturated heterocycles. The highest BCUT2D eigenvalue weighted by atomic mass is 16.5. The molecule has 1 aliphatic rings. The molecule has 0 fully saturated rings. The molecule has 0 saturated carbocycles. The molecule has 8 heteroatoms. The number of methoxy groups -OCH3 is 1. The van der Waals surface area contributed by atoms with E-state index in [1.807, 2.05) is 65.6 Å². The number of hydrogen-bond acceptors (Lipinski definition) is 7. The van der Waals surface area contributed by atoms with Crippen molar-refractivity contribution in [1.29, 1.82) is 0 Å². The van der Waals surface area contributed by atoms with Crippen molar-refractivity contribution >= 4 is 17.4 Å². The molecule has 0 aliphatic carbocycles. The van der Waals surface area contributed by atoms with Gasteiger partial charge in [-0.15, -0.1) is 0 Å². The zero-order valence-electron chi connectivity index (χ0n) is 21.3. The Morgan fingerprint density at radius 1 is 0.921 bits per heavy atom. The molecule has 0 atom stereocenters. The van der Waals surface area contributed by atoms with Crippen LogP contribution >= 0.6 is 0 Å². The second kappa shape index (κ2) is 12.1. The van der Waals surface area contributed by atoms with Gasteiger partial charge in [-0.25, -0.2) is 9.97 Å². The van der Waals surface area contributed by atoms with Crippen molar-refractivity contribution < 1.29 is 19.0 Å². The third-order valence-electron chi connectivity index (χ3n) is 6.25. The summed E-state index contributed by atoms with van der Waals surface area (Å²) in [6, 6.07) is 22.5. The van der Waals surface area contributed by atoms with Crippen LogP contribution in [0.4, 0.5) is 11.5 Å². The number of fused-ring (bicyclic) bond motifs is 2. The average molecular weight is 511 g/mol. The lowest BCUT2D eigenvalue weighted by atomic mass is 10.1. The lowest BCUT2D eigenvalue weighted by Gasteiger charge is -2.24. The molecular formula is C30H30N4O4. The van der Waals surface area contributed by atoms with Gasteiger partial charge in [0.2, 0.25) is 5.88 Å². The van der Waals surface area contributed by atoms with Crippen LogP contribution in [-0.4, -0.2) is 41.0 Å². The van der Waals surface area contributed by atoms with Gasteiger partial charge in [0.1, 0.15) is 11.6 Å². The molecule has 8 nitrogen and oxygen atoms in total. The number of hydrogen-bond donors (Lipinski definition) is 1. The minimum Gasteiger partial charge on any atom is -0.497 e. The van der Waals surface area contributed by atoms with Gasteiger partial charge in [-0.2, -0.15) is 0 Å². The molecule has 194 valence electrons. The normalized spacial score (nSPS) is 13.8. The largest absolute Gasteiger partial charge is 0.497 e. The predicted molar refractivity (Wildman–Crippen MR) is 145 cm³/mol. The molecule has 4 aromatic rings. The molecule has 0 radical (unpaired) electrons. The van der Waals surface area contributed by atoms with E-state index in [2.05, 4.69) is 15.3 Å². The van der Waals surface area contributed by atoms with Gasteiger partial charge in [0.05, 0.1) is 25.8 Å². The van der Waals surface area contributed by atoms with E-state index in [9.17, 15) is 4.79 Å². The Morgan fingerprint density at radius 3 is 2.66 bits per heavy atom. The van der Waals surface area contributed by atoms with Gasteiger partial charge in [0, 0.05) is 36.3 Å². The highest BCUT2D eigenvalue weighted by molar-refractivity contribution is 5.99. The van der Waals surface area contributed by atoms with Crippen molar-refractivity contribution in [3.8, 4) is 23.1 Å². The van der Waals surface area contributed by atoms with Crippen molar-refractivity contribution in [2.45, 2.75) is 25.8 Å². The second-order valence-electron chi connectivity index (χ2n) is 8.91. The van der Waals surface area contributed by atoms with Crippen molar-refractivity contribution in [2.24, 2.45) is 0 Å². The zero-order valence-corrected chi connectivity index (χ0v) is 21.3. The summed E-state index contributed by atoms with van der Waals surface area (Å²) in [6.45, 7) is 1.49. The van der Waals surface area contributed by atoms with E-state index in [1.165, 1.54) is 0 Å². The van der Waals surface area contributed by atoms with Gasteiger partial charge in [-0.1, -0.05) is 24.3 Å². The summed E-state index contributed by atoms with van der Waals surface area (Å²) in [5.41, 5.74) is 2.07. The van der Waals surface area contributed by atoms with Crippen LogP contribution in [0.15, 0.2) is 85.2 Å². The first-order valence-electron chi connectivity index (χ1n) is 12.7. The molecule has 0 bridgehead atoms. The topological polar surface area (TPSA) is 85.8 Å². The molecule has 0 unspecified atom stereocenters. The monoisotopic (exact) mass is 510 g/mol. The van der Waals surface area contributed by atoms with E-state index in [4.69, 9.17) is 14.2 Å². The molecule has 1 amide bonds. The van der Waals surface area contributed by atoms with Crippen LogP contribution in [0, 0.1) is 0 Å². The first kappa shape index (κ1) is 25.1. The maximum Gasteiger partial charge on any atom is 0.257 e. The number of rotatable bonds is 4. The van der Waals surface area contributed by atoms with Crippen LogP contribution in [0.5, 0.6) is 23.1 Å². The van der Waals surface area contributed by atoms with Crippen molar-refractivity contribution in [3.05, 3.63) is 96.3 Å². The van der Waals surface area contributed by atoms with Crippen LogP contribution in [0.2, 0.25) is 0 Å². The van der Waals surface area contributed by atoms with E-state index in [1.54, 1.807) is 31.6 Å². The third-order valence-corrected chi connectivity index (χ3v) is 6.25. The number of carbonyl (C=O) groups excluding carboxylic acids is 1. The van der Waals surface area contributed by atoms with Gasteiger partial charge in [0.15, 0.2) is 11.5 Å². The van der Waals surface area contributed by atoms with Crippen molar-refractivity contribution in [1.82, 2.24) is 14.9 Å². The van der Waals surface area contributed by atoms with E-state index in [-0.39, 0.29) is 5.91 Å². The van der Waals surface area contributed by atoms with Gasteiger partial charge >= 0.3 is 0 Å². The Kier molecular flexibility index (Phi) is 7.98. The maximum absolute atomic E-state index is 14.0. The molecule has 2 aromatic carbocycles. The zero-order chi connectivity index (χ0) is 26.2. The van der Waals surface area contributed by atoms with Crippen LogP contribution in [-0.2, 0) is 6.54 Å². The quantitative estimate of drug-likeness (QED) is 0.348. The second-order valence-corrected chi connectivity index (χ2v) is 8.91. The summed E-state index contributed by atoms with van der Waals surface area (Å²) in [5.74, 6) is 2.80. The van der Waals surface area contributed by atoms with Gasteiger partial charge in [-0.05, 0) is 61.7 Å². The Morgan fingerprint density at radius 2 is 1.76 bits per heavy atom. The number of aromatic nitrogens is 2. The Balaban J connectivity index is 1.45. The summed E-state index contributed by atoms with van der Waals surface area (Å²) in [7, 11) is 1.62. The highest BCUT2D eigenvalue weighted by Gasteiger charge is 2.22.